The Morgan fingerprint density at radius 2 is 2.40 bits per heavy atom. The third-order valence-electron chi connectivity index (χ3n) is 2.54. The first-order chi connectivity index (χ1) is 7.25. The summed E-state index contributed by atoms with van der Waals surface area (Å²) < 4.78 is 0. The number of nitrogens with one attached hydrogen (secondary N) is 2. The SMILES string of the molecule is O=C(Nc1cccc(O)c1)C1CCNC1. The maximum Gasteiger partial charge on any atom is 0.228 e. The van der Waals surface area contributed by atoms with E-state index in [9.17, 15) is 9.90 Å². The Hall–Kier alpha value is -1.55. The van der Waals surface area contributed by atoms with Gasteiger partial charge in [0, 0.05) is 18.3 Å². The molecule has 2 rings (SSSR count). The highest BCUT2D eigenvalue weighted by Gasteiger charge is 2.22. The maximum absolute atomic E-state index is 11.7. The molecule has 15 heavy (non-hydrogen) atoms. The van der Waals surface area contributed by atoms with Crippen LogP contribution >= 0.6 is 0 Å². The molecular weight excluding hydrogens is 192 g/mol. The van der Waals surface area contributed by atoms with Gasteiger partial charge in [0.1, 0.15) is 5.75 Å². The lowest BCUT2D eigenvalue weighted by atomic mass is 10.1. The van der Waals surface area contributed by atoms with Crippen LogP contribution in [0.15, 0.2) is 24.3 Å². The van der Waals surface area contributed by atoms with Crippen molar-refractivity contribution >= 4 is 11.6 Å². The quantitative estimate of drug-likeness (QED) is 0.675. The Balaban J connectivity index is 1.99. The Morgan fingerprint density at radius 1 is 1.53 bits per heavy atom. The van der Waals surface area contributed by atoms with Crippen LogP contribution in [0.5, 0.6) is 5.75 Å². The molecule has 1 aromatic carbocycles. The van der Waals surface area contributed by atoms with Gasteiger partial charge in [-0.25, -0.2) is 0 Å². The van der Waals surface area contributed by atoms with Crippen molar-refractivity contribution in [2.75, 3.05) is 18.4 Å². The van der Waals surface area contributed by atoms with Gasteiger partial charge in [0.15, 0.2) is 0 Å². The zero-order valence-electron chi connectivity index (χ0n) is 8.36. The third-order valence-corrected chi connectivity index (χ3v) is 2.54. The number of phenols is 1. The second-order valence-electron chi connectivity index (χ2n) is 3.73. The van der Waals surface area contributed by atoms with E-state index < -0.39 is 0 Å². The first-order valence-electron chi connectivity index (χ1n) is 5.06. The van der Waals surface area contributed by atoms with E-state index in [4.69, 9.17) is 0 Å². The second kappa shape index (κ2) is 4.31. The molecule has 0 saturated carbocycles. The first kappa shape index (κ1) is 9.98. The van der Waals surface area contributed by atoms with E-state index in [0.29, 0.717) is 5.69 Å². The van der Waals surface area contributed by atoms with E-state index in [1.165, 1.54) is 0 Å². The highest BCUT2D eigenvalue weighted by atomic mass is 16.3. The summed E-state index contributed by atoms with van der Waals surface area (Å²) in [6, 6.07) is 6.59. The van der Waals surface area contributed by atoms with Gasteiger partial charge in [-0.05, 0) is 25.1 Å². The lowest BCUT2D eigenvalue weighted by molar-refractivity contribution is -0.119. The lowest BCUT2D eigenvalue weighted by Gasteiger charge is -2.09. The van der Waals surface area contributed by atoms with Crippen molar-refractivity contribution in [2.45, 2.75) is 6.42 Å². The molecule has 1 aliphatic rings. The Kier molecular flexibility index (Phi) is 2.87. The molecule has 1 aromatic rings. The number of hydrogen-bond acceptors (Lipinski definition) is 3. The van der Waals surface area contributed by atoms with Crippen LogP contribution in [-0.4, -0.2) is 24.1 Å². The van der Waals surface area contributed by atoms with E-state index in [1.807, 2.05) is 0 Å². The molecule has 1 atom stereocenters. The van der Waals surface area contributed by atoms with Gasteiger partial charge >= 0.3 is 0 Å². The topological polar surface area (TPSA) is 61.4 Å². The largest absolute Gasteiger partial charge is 0.508 e. The van der Waals surface area contributed by atoms with E-state index in [0.717, 1.165) is 19.5 Å². The number of phenolic OH excluding ortho intramolecular Hbond substituents is 1. The Morgan fingerprint density at radius 3 is 3.07 bits per heavy atom. The second-order valence-corrected chi connectivity index (χ2v) is 3.73. The molecule has 1 unspecified atom stereocenters. The van der Waals surface area contributed by atoms with Crippen LogP contribution in [0.4, 0.5) is 5.69 Å². The summed E-state index contributed by atoms with van der Waals surface area (Å²) in [5.41, 5.74) is 0.645. The van der Waals surface area contributed by atoms with E-state index in [1.54, 1.807) is 24.3 Å². The standard InChI is InChI=1S/C11H14N2O2/c14-10-3-1-2-9(6-10)13-11(15)8-4-5-12-7-8/h1-3,6,8,12,14H,4-5,7H2,(H,13,15). The van der Waals surface area contributed by atoms with Crippen molar-refractivity contribution in [3.8, 4) is 5.75 Å². The molecule has 1 saturated heterocycles. The molecule has 0 bridgehead atoms. The van der Waals surface area contributed by atoms with E-state index in [-0.39, 0.29) is 17.6 Å². The zero-order valence-corrected chi connectivity index (χ0v) is 8.36. The van der Waals surface area contributed by atoms with Crippen LogP contribution in [0, 0.1) is 5.92 Å². The van der Waals surface area contributed by atoms with Crippen LogP contribution in [0.25, 0.3) is 0 Å². The van der Waals surface area contributed by atoms with Crippen molar-refractivity contribution in [2.24, 2.45) is 5.92 Å². The van der Waals surface area contributed by atoms with Crippen LogP contribution in [0.1, 0.15) is 6.42 Å². The molecule has 0 aromatic heterocycles. The highest BCUT2D eigenvalue weighted by molar-refractivity contribution is 5.93. The molecule has 3 N–H and O–H groups in total. The third kappa shape index (κ3) is 2.47. The Labute approximate surface area is 88.3 Å². The summed E-state index contributed by atoms with van der Waals surface area (Å²) in [5.74, 6) is 0.232. The maximum atomic E-state index is 11.7. The molecule has 1 heterocycles. The minimum atomic E-state index is 0.0191. The van der Waals surface area contributed by atoms with Crippen molar-refractivity contribution in [3.05, 3.63) is 24.3 Å². The Bertz CT molecular complexity index is 359. The van der Waals surface area contributed by atoms with Crippen molar-refractivity contribution in [1.29, 1.82) is 0 Å². The van der Waals surface area contributed by atoms with Crippen LogP contribution in [0.2, 0.25) is 0 Å². The molecule has 1 amide bonds. The van der Waals surface area contributed by atoms with Gasteiger partial charge in [0.05, 0.1) is 5.92 Å². The molecule has 0 radical (unpaired) electrons. The number of carbonyl (C=O) groups is 1. The smallest absolute Gasteiger partial charge is 0.228 e. The van der Waals surface area contributed by atoms with Crippen LogP contribution in [-0.2, 0) is 4.79 Å². The van der Waals surface area contributed by atoms with E-state index >= 15 is 0 Å². The van der Waals surface area contributed by atoms with Gasteiger partial charge in [-0.3, -0.25) is 4.79 Å². The van der Waals surface area contributed by atoms with Gasteiger partial charge in [-0.2, -0.15) is 0 Å². The predicted molar refractivity (Wildman–Crippen MR) is 57.7 cm³/mol. The number of benzene rings is 1. The fourth-order valence-electron chi connectivity index (χ4n) is 1.71. The van der Waals surface area contributed by atoms with Gasteiger partial charge in [-0.1, -0.05) is 6.07 Å². The summed E-state index contributed by atoms with van der Waals surface area (Å²) in [5, 5.41) is 15.2. The monoisotopic (exact) mass is 206 g/mol. The van der Waals surface area contributed by atoms with Gasteiger partial charge < -0.3 is 15.7 Å². The minimum absolute atomic E-state index is 0.0191. The first-order valence-corrected chi connectivity index (χ1v) is 5.06. The molecule has 4 nitrogen and oxygen atoms in total. The fraction of sp³-hybridized carbons (Fsp3) is 0.364. The summed E-state index contributed by atoms with van der Waals surface area (Å²) in [6.07, 6.45) is 0.880. The normalized spacial score (nSPS) is 20.1. The average molecular weight is 206 g/mol. The summed E-state index contributed by atoms with van der Waals surface area (Å²) in [4.78, 5) is 11.7. The highest BCUT2D eigenvalue weighted by Crippen LogP contribution is 2.17. The van der Waals surface area contributed by atoms with Gasteiger partial charge in [0.2, 0.25) is 5.91 Å². The zero-order chi connectivity index (χ0) is 10.7. The number of rotatable bonds is 2. The lowest BCUT2D eigenvalue weighted by Crippen LogP contribution is -2.24. The number of aromatic hydroxyl groups is 1. The molecular formula is C11H14N2O2. The number of carbonyl (C=O) groups excluding carboxylic acids is 1. The fourth-order valence-corrected chi connectivity index (χ4v) is 1.71. The summed E-state index contributed by atoms with van der Waals surface area (Å²) >= 11 is 0. The van der Waals surface area contributed by atoms with Crippen LogP contribution in [0.3, 0.4) is 0 Å². The predicted octanol–water partition coefficient (Wildman–Crippen LogP) is 0.940. The molecule has 0 aliphatic carbocycles. The van der Waals surface area contributed by atoms with Gasteiger partial charge in [-0.15, -0.1) is 0 Å². The summed E-state index contributed by atoms with van der Waals surface area (Å²) in [7, 11) is 0. The molecule has 4 heteroatoms. The van der Waals surface area contributed by atoms with Crippen LogP contribution < -0.4 is 10.6 Å². The number of anilines is 1. The molecule has 1 aliphatic heterocycles. The minimum Gasteiger partial charge on any atom is -0.508 e. The molecule has 1 fully saturated rings. The van der Waals surface area contributed by atoms with Gasteiger partial charge in [0.25, 0.3) is 0 Å². The number of hydrogen-bond donors (Lipinski definition) is 3. The molecule has 80 valence electrons. The van der Waals surface area contributed by atoms with Crippen molar-refractivity contribution < 1.29 is 9.90 Å². The van der Waals surface area contributed by atoms with Crippen molar-refractivity contribution in [1.82, 2.24) is 5.32 Å². The average Bonchev–Trinajstić information content (AvgIpc) is 2.70. The number of amides is 1. The summed E-state index contributed by atoms with van der Waals surface area (Å²) in [6.45, 7) is 1.64. The van der Waals surface area contributed by atoms with Crippen molar-refractivity contribution in [3.63, 3.8) is 0 Å². The van der Waals surface area contributed by atoms with E-state index in [2.05, 4.69) is 10.6 Å². The molecule has 0 spiro atoms.